The van der Waals surface area contributed by atoms with Crippen LogP contribution in [0.3, 0.4) is 0 Å². The van der Waals surface area contributed by atoms with E-state index in [1.807, 2.05) is 0 Å². The molecule has 0 amide bonds. The number of nitrogen functional groups attached to an aromatic ring is 1. The largest absolute Gasteiger partial charge is 0.397 e. The van der Waals surface area contributed by atoms with E-state index in [2.05, 4.69) is 10.3 Å². The highest BCUT2D eigenvalue weighted by atomic mass is 19.1. The molecule has 1 heterocycles. The molecule has 82 valence electrons. The Labute approximate surface area is 90.9 Å². The molecule has 3 N–H and O–H groups in total. The highest BCUT2D eigenvalue weighted by Gasteiger charge is 2.08. The van der Waals surface area contributed by atoms with E-state index in [0.29, 0.717) is 11.5 Å². The third-order valence-corrected chi connectivity index (χ3v) is 2.00. The summed E-state index contributed by atoms with van der Waals surface area (Å²) >= 11 is 0. The summed E-state index contributed by atoms with van der Waals surface area (Å²) in [6.07, 6.45) is 1.40. The van der Waals surface area contributed by atoms with Crippen molar-refractivity contribution >= 4 is 17.2 Å². The molecule has 16 heavy (non-hydrogen) atoms. The Morgan fingerprint density at radius 3 is 2.31 bits per heavy atom. The van der Waals surface area contributed by atoms with E-state index in [9.17, 15) is 8.78 Å². The second kappa shape index (κ2) is 4.14. The maximum Gasteiger partial charge on any atom is 0.149 e. The second-order valence-electron chi connectivity index (χ2n) is 3.20. The highest BCUT2D eigenvalue weighted by Crippen LogP contribution is 2.21. The number of hydrogen-bond acceptors (Lipinski definition) is 3. The first kappa shape index (κ1) is 10.4. The van der Waals surface area contributed by atoms with Crippen LogP contribution in [0.2, 0.25) is 0 Å². The number of nitrogens with zero attached hydrogens (tertiary/aromatic N) is 1. The van der Waals surface area contributed by atoms with Gasteiger partial charge in [-0.05, 0) is 24.3 Å². The number of anilines is 3. The molecule has 3 nitrogen and oxygen atoms in total. The summed E-state index contributed by atoms with van der Waals surface area (Å²) in [5, 5.41) is 2.55. The zero-order valence-electron chi connectivity index (χ0n) is 8.24. The van der Waals surface area contributed by atoms with Gasteiger partial charge < -0.3 is 11.1 Å². The van der Waals surface area contributed by atoms with Gasteiger partial charge in [-0.3, -0.25) is 0 Å². The molecule has 0 atom stereocenters. The molecule has 0 bridgehead atoms. The van der Waals surface area contributed by atoms with Gasteiger partial charge in [-0.1, -0.05) is 6.07 Å². The fourth-order valence-corrected chi connectivity index (χ4v) is 1.22. The van der Waals surface area contributed by atoms with Gasteiger partial charge in [0, 0.05) is 0 Å². The standard InChI is InChI=1S/C11H9F2N3/c12-8-2-1-3-9(13)11(8)16-10-5-4-7(14)6-15-10/h1-6H,14H2,(H,15,16). The lowest BCUT2D eigenvalue weighted by Gasteiger charge is -2.07. The van der Waals surface area contributed by atoms with E-state index in [0.717, 1.165) is 0 Å². The average Bonchev–Trinajstić information content (AvgIpc) is 2.26. The minimum atomic E-state index is -0.668. The molecule has 0 aliphatic heterocycles. The minimum Gasteiger partial charge on any atom is -0.397 e. The third kappa shape index (κ3) is 2.08. The topological polar surface area (TPSA) is 50.9 Å². The van der Waals surface area contributed by atoms with Crippen LogP contribution in [0, 0.1) is 11.6 Å². The fourth-order valence-electron chi connectivity index (χ4n) is 1.22. The van der Waals surface area contributed by atoms with E-state index in [1.165, 1.54) is 24.4 Å². The van der Waals surface area contributed by atoms with E-state index < -0.39 is 11.6 Å². The van der Waals surface area contributed by atoms with Crippen molar-refractivity contribution < 1.29 is 8.78 Å². The van der Waals surface area contributed by atoms with Crippen molar-refractivity contribution in [3.8, 4) is 0 Å². The molecule has 0 fully saturated rings. The van der Waals surface area contributed by atoms with Gasteiger partial charge in [-0.25, -0.2) is 13.8 Å². The number of nitrogens with one attached hydrogen (secondary N) is 1. The molecule has 0 aliphatic rings. The Morgan fingerprint density at radius 2 is 1.75 bits per heavy atom. The van der Waals surface area contributed by atoms with Crippen molar-refractivity contribution in [2.24, 2.45) is 0 Å². The Hall–Kier alpha value is -2.17. The van der Waals surface area contributed by atoms with Crippen LogP contribution in [-0.2, 0) is 0 Å². The van der Waals surface area contributed by atoms with Gasteiger partial charge in [-0.15, -0.1) is 0 Å². The zero-order valence-corrected chi connectivity index (χ0v) is 8.24. The molecule has 0 unspecified atom stereocenters. The van der Waals surface area contributed by atoms with Crippen molar-refractivity contribution in [2.45, 2.75) is 0 Å². The van der Waals surface area contributed by atoms with Crippen LogP contribution in [0.15, 0.2) is 36.5 Å². The average molecular weight is 221 g/mol. The summed E-state index contributed by atoms with van der Waals surface area (Å²) in [4.78, 5) is 3.89. The number of pyridine rings is 1. The van der Waals surface area contributed by atoms with E-state index in [-0.39, 0.29) is 5.69 Å². The monoisotopic (exact) mass is 221 g/mol. The smallest absolute Gasteiger partial charge is 0.149 e. The van der Waals surface area contributed by atoms with Gasteiger partial charge in [0.1, 0.15) is 23.1 Å². The zero-order chi connectivity index (χ0) is 11.5. The molecule has 0 saturated heterocycles. The summed E-state index contributed by atoms with van der Waals surface area (Å²) < 4.78 is 26.5. The Kier molecular flexibility index (Phi) is 2.68. The summed E-state index contributed by atoms with van der Waals surface area (Å²) in [6, 6.07) is 6.77. The maximum absolute atomic E-state index is 13.3. The Morgan fingerprint density at radius 1 is 1.06 bits per heavy atom. The van der Waals surface area contributed by atoms with Gasteiger partial charge in [-0.2, -0.15) is 0 Å². The number of hydrogen-bond donors (Lipinski definition) is 2. The lowest BCUT2D eigenvalue weighted by Crippen LogP contribution is -1.99. The van der Waals surface area contributed by atoms with E-state index in [1.54, 1.807) is 12.1 Å². The normalized spacial score (nSPS) is 10.1. The van der Waals surface area contributed by atoms with Crippen LogP contribution >= 0.6 is 0 Å². The molecular formula is C11H9F2N3. The van der Waals surface area contributed by atoms with Crippen LogP contribution in [-0.4, -0.2) is 4.98 Å². The van der Waals surface area contributed by atoms with E-state index in [4.69, 9.17) is 5.73 Å². The molecule has 2 rings (SSSR count). The van der Waals surface area contributed by atoms with Crippen LogP contribution in [0.5, 0.6) is 0 Å². The highest BCUT2D eigenvalue weighted by molar-refractivity contribution is 5.58. The molecule has 0 spiro atoms. The Balaban J connectivity index is 2.30. The quantitative estimate of drug-likeness (QED) is 0.819. The fraction of sp³-hybridized carbons (Fsp3) is 0. The van der Waals surface area contributed by atoms with Gasteiger partial charge >= 0.3 is 0 Å². The molecular weight excluding hydrogens is 212 g/mol. The van der Waals surface area contributed by atoms with Crippen molar-refractivity contribution in [3.63, 3.8) is 0 Å². The maximum atomic E-state index is 13.3. The minimum absolute atomic E-state index is 0.222. The van der Waals surface area contributed by atoms with Gasteiger partial charge in [0.25, 0.3) is 0 Å². The lowest BCUT2D eigenvalue weighted by molar-refractivity contribution is 0.590. The molecule has 0 radical (unpaired) electrons. The predicted octanol–water partition coefficient (Wildman–Crippen LogP) is 2.69. The SMILES string of the molecule is Nc1ccc(Nc2c(F)cccc2F)nc1. The molecule has 0 saturated carbocycles. The van der Waals surface area contributed by atoms with Gasteiger partial charge in [0.2, 0.25) is 0 Å². The van der Waals surface area contributed by atoms with Crippen molar-refractivity contribution in [3.05, 3.63) is 48.2 Å². The van der Waals surface area contributed by atoms with Crippen molar-refractivity contribution in [2.75, 3.05) is 11.1 Å². The Bertz CT molecular complexity index is 477. The molecule has 5 heteroatoms. The van der Waals surface area contributed by atoms with Gasteiger partial charge in [0.15, 0.2) is 0 Å². The first-order valence-corrected chi connectivity index (χ1v) is 4.59. The summed E-state index contributed by atoms with van der Waals surface area (Å²) in [7, 11) is 0. The number of para-hydroxylation sites is 1. The molecule has 0 aliphatic carbocycles. The third-order valence-electron chi connectivity index (χ3n) is 2.00. The van der Waals surface area contributed by atoms with Gasteiger partial charge in [0.05, 0.1) is 11.9 Å². The predicted molar refractivity (Wildman–Crippen MR) is 58.3 cm³/mol. The lowest BCUT2D eigenvalue weighted by atomic mass is 10.3. The number of halogens is 2. The van der Waals surface area contributed by atoms with E-state index >= 15 is 0 Å². The molecule has 2 aromatic rings. The second-order valence-corrected chi connectivity index (χ2v) is 3.20. The van der Waals surface area contributed by atoms with Crippen molar-refractivity contribution in [1.82, 2.24) is 4.98 Å². The first-order valence-electron chi connectivity index (χ1n) is 4.59. The van der Waals surface area contributed by atoms with Crippen LogP contribution in [0.1, 0.15) is 0 Å². The first-order chi connectivity index (χ1) is 7.66. The van der Waals surface area contributed by atoms with Crippen LogP contribution in [0.4, 0.5) is 26.0 Å². The molecule has 1 aromatic heterocycles. The summed E-state index contributed by atoms with van der Waals surface area (Å²) in [5.74, 6) is -1.00. The number of aromatic nitrogens is 1. The van der Waals surface area contributed by atoms with Crippen LogP contribution < -0.4 is 11.1 Å². The summed E-state index contributed by atoms with van der Waals surface area (Å²) in [5.41, 5.74) is 5.70. The number of nitrogens with two attached hydrogens (primary N) is 1. The number of benzene rings is 1. The van der Waals surface area contributed by atoms with Crippen LogP contribution in [0.25, 0.3) is 0 Å². The molecule has 1 aromatic carbocycles. The van der Waals surface area contributed by atoms with Crippen molar-refractivity contribution in [1.29, 1.82) is 0 Å². The number of rotatable bonds is 2. The summed E-state index contributed by atoms with van der Waals surface area (Å²) in [6.45, 7) is 0.